The molecule has 0 aromatic carbocycles. The van der Waals surface area contributed by atoms with E-state index in [4.69, 9.17) is 11.6 Å². The highest BCUT2D eigenvalue weighted by Crippen LogP contribution is 2.11. The van der Waals surface area contributed by atoms with E-state index in [1.54, 1.807) is 0 Å². The molecule has 0 nitrogen and oxygen atoms in total. The lowest BCUT2D eigenvalue weighted by Crippen LogP contribution is -1.99. The first-order valence-corrected chi connectivity index (χ1v) is 6.13. The first kappa shape index (κ1) is 11.6. The van der Waals surface area contributed by atoms with Gasteiger partial charge in [0, 0.05) is 5.88 Å². The number of hydrogen-bond donors (Lipinski definition) is 0. The second-order valence-electron chi connectivity index (χ2n) is 3.04. The van der Waals surface area contributed by atoms with Gasteiger partial charge in [0.15, 0.2) is 0 Å². The van der Waals surface area contributed by atoms with E-state index < -0.39 is 0 Å². The fraction of sp³-hybridized carbons (Fsp3) is 1.00. The largest absolute Gasteiger partial charge is 0.162 e. The monoisotopic (exact) mass is 194 g/mol. The first-order valence-electron chi connectivity index (χ1n) is 4.45. The van der Waals surface area contributed by atoms with E-state index >= 15 is 0 Å². The predicted octanol–water partition coefficient (Wildman–Crippen LogP) is 3.78. The molecule has 0 aliphatic carbocycles. The highest BCUT2D eigenvalue weighted by Gasteiger charge is 1.98. The number of alkyl halides is 1. The van der Waals surface area contributed by atoms with Crippen molar-refractivity contribution in [3.63, 3.8) is 0 Å². The van der Waals surface area contributed by atoms with Crippen molar-refractivity contribution in [1.82, 2.24) is 0 Å². The van der Waals surface area contributed by atoms with Crippen molar-refractivity contribution in [1.29, 1.82) is 0 Å². The summed E-state index contributed by atoms with van der Waals surface area (Å²) in [4.78, 5) is 0. The van der Waals surface area contributed by atoms with Crippen LogP contribution in [0.3, 0.4) is 0 Å². The van der Waals surface area contributed by atoms with E-state index in [0.29, 0.717) is 5.92 Å². The predicted molar refractivity (Wildman–Crippen MR) is 56.7 cm³/mol. The molecule has 0 heterocycles. The van der Waals surface area contributed by atoms with Gasteiger partial charge in [0.1, 0.15) is 0 Å². The number of hydrogen-bond acceptors (Lipinski definition) is 1. The summed E-state index contributed by atoms with van der Waals surface area (Å²) in [6.07, 6.45) is 4.07. The number of unbranched alkanes of at least 4 members (excludes halogenated alkanes) is 2. The van der Waals surface area contributed by atoms with E-state index in [1.807, 2.05) is 11.8 Å². The van der Waals surface area contributed by atoms with Gasteiger partial charge in [-0.15, -0.1) is 11.6 Å². The molecule has 0 saturated carbocycles. The second-order valence-corrected chi connectivity index (χ2v) is 4.50. The summed E-state index contributed by atoms with van der Waals surface area (Å²) < 4.78 is 0. The van der Waals surface area contributed by atoms with Crippen molar-refractivity contribution < 1.29 is 0 Å². The zero-order valence-electron chi connectivity index (χ0n) is 7.61. The van der Waals surface area contributed by atoms with Gasteiger partial charge in [-0.3, -0.25) is 0 Å². The molecule has 0 aliphatic rings. The average molecular weight is 195 g/mol. The lowest BCUT2D eigenvalue weighted by atomic mass is 10.3. The van der Waals surface area contributed by atoms with E-state index in [0.717, 1.165) is 5.88 Å². The van der Waals surface area contributed by atoms with E-state index in [2.05, 4.69) is 13.8 Å². The SMILES string of the molecule is CCCCCSCC(C)CCl. The Bertz CT molecular complexity index is 76.0. The van der Waals surface area contributed by atoms with Crippen molar-refractivity contribution in [2.24, 2.45) is 5.92 Å². The third-order valence-corrected chi connectivity index (χ3v) is 3.47. The van der Waals surface area contributed by atoms with Gasteiger partial charge >= 0.3 is 0 Å². The summed E-state index contributed by atoms with van der Waals surface area (Å²) in [6.45, 7) is 4.45. The molecule has 2 heteroatoms. The third kappa shape index (κ3) is 8.55. The molecule has 0 bridgehead atoms. The molecule has 0 N–H and O–H groups in total. The third-order valence-electron chi connectivity index (χ3n) is 1.56. The molecule has 68 valence electrons. The minimum Gasteiger partial charge on any atom is -0.162 e. The number of thioether (sulfide) groups is 1. The Morgan fingerprint density at radius 1 is 1.36 bits per heavy atom. The van der Waals surface area contributed by atoms with Gasteiger partial charge in [0.25, 0.3) is 0 Å². The lowest BCUT2D eigenvalue weighted by Gasteiger charge is -2.05. The summed E-state index contributed by atoms with van der Waals surface area (Å²) in [5, 5.41) is 0. The molecule has 0 aromatic heterocycles. The molecule has 1 atom stereocenters. The van der Waals surface area contributed by atoms with Gasteiger partial charge < -0.3 is 0 Å². The maximum Gasteiger partial charge on any atom is 0.0257 e. The van der Waals surface area contributed by atoms with Crippen LogP contribution < -0.4 is 0 Å². The summed E-state index contributed by atoms with van der Waals surface area (Å²) in [7, 11) is 0. The number of rotatable bonds is 7. The lowest BCUT2D eigenvalue weighted by molar-refractivity contribution is 0.751. The Morgan fingerprint density at radius 3 is 2.64 bits per heavy atom. The molecule has 11 heavy (non-hydrogen) atoms. The molecule has 0 fully saturated rings. The van der Waals surface area contributed by atoms with Gasteiger partial charge in [-0.05, 0) is 23.8 Å². The van der Waals surface area contributed by atoms with Crippen LogP contribution in [0.4, 0.5) is 0 Å². The van der Waals surface area contributed by atoms with Gasteiger partial charge in [-0.2, -0.15) is 11.8 Å². The standard InChI is InChI=1S/C9H19ClS/c1-3-4-5-6-11-8-9(2)7-10/h9H,3-8H2,1-2H3. The highest BCUT2D eigenvalue weighted by atomic mass is 35.5. The fourth-order valence-corrected chi connectivity index (χ4v) is 2.12. The van der Waals surface area contributed by atoms with Gasteiger partial charge in [0.05, 0.1) is 0 Å². The maximum atomic E-state index is 5.68. The molecule has 0 radical (unpaired) electrons. The van der Waals surface area contributed by atoms with E-state index in [1.165, 1.54) is 30.8 Å². The normalized spacial score (nSPS) is 13.4. The summed E-state index contributed by atoms with van der Waals surface area (Å²) >= 11 is 7.72. The van der Waals surface area contributed by atoms with Gasteiger partial charge in [-0.25, -0.2) is 0 Å². The van der Waals surface area contributed by atoms with Crippen LogP contribution in [0.5, 0.6) is 0 Å². The van der Waals surface area contributed by atoms with Crippen LogP contribution in [0, 0.1) is 5.92 Å². The molecule has 0 saturated heterocycles. The van der Waals surface area contributed by atoms with Crippen LogP contribution in [0.1, 0.15) is 33.1 Å². The summed E-state index contributed by atoms with van der Waals surface area (Å²) in [5.41, 5.74) is 0. The van der Waals surface area contributed by atoms with Gasteiger partial charge in [-0.1, -0.05) is 26.7 Å². The van der Waals surface area contributed by atoms with E-state index in [-0.39, 0.29) is 0 Å². The summed E-state index contributed by atoms with van der Waals surface area (Å²) in [6, 6.07) is 0. The van der Waals surface area contributed by atoms with Crippen LogP contribution in [-0.2, 0) is 0 Å². The molecule has 0 amide bonds. The Hall–Kier alpha value is 0.640. The Balaban J connectivity index is 2.89. The zero-order chi connectivity index (χ0) is 8.53. The van der Waals surface area contributed by atoms with Crippen molar-refractivity contribution in [2.45, 2.75) is 33.1 Å². The van der Waals surface area contributed by atoms with Crippen molar-refractivity contribution in [3.8, 4) is 0 Å². The van der Waals surface area contributed by atoms with Crippen LogP contribution in [0.2, 0.25) is 0 Å². The van der Waals surface area contributed by atoms with Crippen LogP contribution in [0.15, 0.2) is 0 Å². The smallest absolute Gasteiger partial charge is 0.0257 e. The fourth-order valence-electron chi connectivity index (χ4n) is 0.783. The Morgan fingerprint density at radius 2 is 2.09 bits per heavy atom. The van der Waals surface area contributed by atoms with Crippen molar-refractivity contribution >= 4 is 23.4 Å². The Kier molecular flexibility index (Phi) is 9.24. The molecule has 0 aliphatic heterocycles. The topological polar surface area (TPSA) is 0 Å². The van der Waals surface area contributed by atoms with Crippen molar-refractivity contribution in [2.75, 3.05) is 17.4 Å². The van der Waals surface area contributed by atoms with Crippen LogP contribution in [0.25, 0.3) is 0 Å². The Labute approximate surface area is 80.1 Å². The maximum absolute atomic E-state index is 5.68. The first-order chi connectivity index (χ1) is 5.31. The van der Waals surface area contributed by atoms with Crippen molar-refractivity contribution in [3.05, 3.63) is 0 Å². The molecule has 0 spiro atoms. The van der Waals surface area contributed by atoms with Crippen LogP contribution in [-0.4, -0.2) is 17.4 Å². The second kappa shape index (κ2) is 8.73. The minimum atomic E-state index is 0.684. The zero-order valence-corrected chi connectivity index (χ0v) is 9.18. The molecule has 0 aromatic rings. The molecule has 0 rings (SSSR count). The molecule has 1 unspecified atom stereocenters. The number of halogens is 1. The minimum absolute atomic E-state index is 0.684. The van der Waals surface area contributed by atoms with Crippen LogP contribution >= 0.6 is 23.4 Å². The highest BCUT2D eigenvalue weighted by molar-refractivity contribution is 7.99. The summed E-state index contributed by atoms with van der Waals surface area (Å²) in [5.74, 6) is 4.03. The van der Waals surface area contributed by atoms with E-state index in [9.17, 15) is 0 Å². The molecular formula is C9H19ClS. The average Bonchev–Trinajstić information content (AvgIpc) is 2.04. The van der Waals surface area contributed by atoms with Gasteiger partial charge in [0.2, 0.25) is 0 Å². The molecular weight excluding hydrogens is 176 g/mol. The quantitative estimate of drug-likeness (QED) is 0.439.